The second-order valence-electron chi connectivity index (χ2n) is 2.68. The van der Waals surface area contributed by atoms with Crippen LogP contribution in [0.15, 0.2) is 10.9 Å². The van der Waals surface area contributed by atoms with E-state index >= 15 is 0 Å². The Bertz CT molecular complexity index is 485. The van der Waals surface area contributed by atoms with E-state index in [1.54, 1.807) is 6.92 Å². The van der Waals surface area contributed by atoms with E-state index in [0.29, 0.717) is 5.89 Å². The van der Waals surface area contributed by atoms with Crippen LogP contribution in [-0.4, -0.2) is 27.2 Å². The Balaban J connectivity index is 2.53. The van der Waals surface area contributed by atoms with E-state index in [9.17, 15) is 4.39 Å². The van der Waals surface area contributed by atoms with Gasteiger partial charge in [0.2, 0.25) is 17.5 Å². The van der Waals surface area contributed by atoms with Crippen LogP contribution in [-0.2, 0) is 0 Å². The van der Waals surface area contributed by atoms with Gasteiger partial charge in [0.15, 0.2) is 5.69 Å². The van der Waals surface area contributed by atoms with Gasteiger partial charge in [-0.2, -0.15) is 14.4 Å². The molecule has 2 aromatic heterocycles. The van der Waals surface area contributed by atoms with Crippen molar-refractivity contribution in [2.45, 2.75) is 6.92 Å². The van der Waals surface area contributed by atoms with Crippen molar-refractivity contribution in [1.29, 1.82) is 0 Å². The highest BCUT2D eigenvalue weighted by Gasteiger charge is 2.17. The quantitative estimate of drug-likeness (QED) is 0.735. The molecule has 7 heteroatoms. The van der Waals surface area contributed by atoms with Crippen LogP contribution < -0.4 is 4.74 Å². The molecule has 0 bridgehead atoms. The van der Waals surface area contributed by atoms with Crippen molar-refractivity contribution in [3.8, 4) is 17.4 Å². The van der Waals surface area contributed by atoms with Crippen LogP contribution in [0.3, 0.4) is 0 Å². The van der Waals surface area contributed by atoms with Gasteiger partial charge < -0.3 is 9.26 Å². The van der Waals surface area contributed by atoms with Gasteiger partial charge in [-0.3, -0.25) is 0 Å². The highest BCUT2D eigenvalue weighted by atomic mass is 19.1. The summed E-state index contributed by atoms with van der Waals surface area (Å²) in [5, 5.41) is 3.55. The fraction of sp³-hybridized carbons (Fsp3) is 0.250. The lowest BCUT2D eigenvalue weighted by Gasteiger charge is -2.00. The summed E-state index contributed by atoms with van der Waals surface area (Å²) in [6.45, 7) is 1.60. The summed E-state index contributed by atoms with van der Waals surface area (Å²) in [5.41, 5.74) is -0.0429. The zero-order valence-electron chi connectivity index (χ0n) is 8.06. The molecule has 0 aliphatic rings. The maximum Gasteiger partial charge on any atom is 0.254 e. The molecule has 2 rings (SSSR count). The molecule has 0 N–H and O–H groups in total. The van der Waals surface area contributed by atoms with E-state index in [2.05, 4.69) is 20.1 Å². The SMILES string of the molecule is COc1ncnc(-c2noc(C)n2)c1F. The zero-order valence-corrected chi connectivity index (χ0v) is 8.06. The summed E-state index contributed by atoms with van der Waals surface area (Å²) in [7, 11) is 1.32. The van der Waals surface area contributed by atoms with Gasteiger partial charge in [-0.05, 0) is 0 Å². The Hall–Kier alpha value is -2.05. The van der Waals surface area contributed by atoms with Crippen molar-refractivity contribution in [2.75, 3.05) is 7.11 Å². The van der Waals surface area contributed by atoms with E-state index in [1.807, 2.05) is 0 Å². The first-order chi connectivity index (χ1) is 7.22. The fourth-order valence-electron chi connectivity index (χ4n) is 1.05. The van der Waals surface area contributed by atoms with Gasteiger partial charge in [0.05, 0.1) is 7.11 Å². The van der Waals surface area contributed by atoms with E-state index in [0.717, 1.165) is 0 Å². The molecule has 0 aromatic carbocycles. The molecule has 0 unspecified atom stereocenters. The van der Waals surface area contributed by atoms with Gasteiger partial charge in [-0.1, -0.05) is 5.16 Å². The molecular formula is C8H7FN4O2. The van der Waals surface area contributed by atoms with E-state index in [4.69, 9.17) is 9.26 Å². The van der Waals surface area contributed by atoms with Crippen LogP contribution in [0.4, 0.5) is 4.39 Å². The summed E-state index contributed by atoms with van der Waals surface area (Å²) in [6, 6.07) is 0. The van der Waals surface area contributed by atoms with Crippen LogP contribution >= 0.6 is 0 Å². The number of aromatic nitrogens is 4. The minimum atomic E-state index is -0.708. The summed E-state index contributed by atoms with van der Waals surface area (Å²) in [4.78, 5) is 11.2. The lowest BCUT2D eigenvalue weighted by Crippen LogP contribution is -1.98. The number of aryl methyl sites for hydroxylation is 1. The first-order valence-electron chi connectivity index (χ1n) is 4.07. The lowest BCUT2D eigenvalue weighted by atomic mass is 10.3. The average Bonchev–Trinajstić information content (AvgIpc) is 2.65. The van der Waals surface area contributed by atoms with Gasteiger partial charge in [-0.15, -0.1) is 0 Å². The molecule has 2 heterocycles. The van der Waals surface area contributed by atoms with E-state index in [-0.39, 0.29) is 17.4 Å². The Morgan fingerprint density at radius 3 is 2.80 bits per heavy atom. The van der Waals surface area contributed by atoms with Gasteiger partial charge in [0.1, 0.15) is 6.33 Å². The molecule has 0 aliphatic carbocycles. The largest absolute Gasteiger partial charge is 0.479 e. The molecule has 0 fully saturated rings. The number of ether oxygens (including phenoxy) is 1. The standard InChI is InChI=1S/C8H7FN4O2/c1-4-12-7(13-15-4)6-5(9)8(14-2)11-3-10-6/h3H,1-2H3. The number of nitrogens with zero attached hydrogens (tertiary/aromatic N) is 4. The van der Waals surface area contributed by atoms with Crippen LogP contribution in [0.1, 0.15) is 5.89 Å². The molecule has 0 aliphatic heterocycles. The first-order valence-corrected chi connectivity index (χ1v) is 4.07. The molecule has 0 spiro atoms. The molecule has 15 heavy (non-hydrogen) atoms. The smallest absolute Gasteiger partial charge is 0.254 e. The normalized spacial score (nSPS) is 10.3. The highest BCUT2D eigenvalue weighted by molar-refractivity contribution is 5.50. The first kappa shape index (κ1) is 9.50. The Labute approximate surface area is 84.1 Å². The predicted octanol–water partition coefficient (Wildman–Crippen LogP) is 0.983. The third-order valence-corrected chi connectivity index (χ3v) is 1.69. The molecule has 0 radical (unpaired) electrons. The van der Waals surface area contributed by atoms with Crippen LogP contribution in [0.2, 0.25) is 0 Å². The molecular weight excluding hydrogens is 203 g/mol. The topological polar surface area (TPSA) is 73.9 Å². The summed E-state index contributed by atoms with van der Waals surface area (Å²) in [6.07, 6.45) is 1.17. The van der Waals surface area contributed by atoms with Crippen LogP contribution in [0.5, 0.6) is 5.88 Å². The Morgan fingerprint density at radius 2 is 2.20 bits per heavy atom. The number of hydrogen-bond donors (Lipinski definition) is 0. The maximum atomic E-state index is 13.6. The van der Waals surface area contributed by atoms with Crippen molar-refractivity contribution in [1.82, 2.24) is 20.1 Å². The van der Waals surface area contributed by atoms with Crippen molar-refractivity contribution in [3.63, 3.8) is 0 Å². The van der Waals surface area contributed by atoms with Crippen molar-refractivity contribution < 1.29 is 13.7 Å². The minimum absolute atomic E-state index is 0.0429. The van der Waals surface area contributed by atoms with Crippen LogP contribution in [0.25, 0.3) is 11.5 Å². The number of methoxy groups -OCH3 is 1. The predicted molar refractivity (Wildman–Crippen MR) is 46.6 cm³/mol. The summed E-state index contributed by atoms with van der Waals surface area (Å²) in [5.74, 6) is -0.448. The van der Waals surface area contributed by atoms with Crippen molar-refractivity contribution in [2.24, 2.45) is 0 Å². The van der Waals surface area contributed by atoms with Crippen molar-refractivity contribution in [3.05, 3.63) is 18.0 Å². The third-order valence-electron chi connectivity index (χ3n) is 1.69. The number of hydrogen-bond acceptors (Lipinski definition) is 6. The van der Waals surface area contributed by atoms with Gasteiger partial charge >= 0.3 is 0 Å². The van der Waals surface area contributed by atoms with E-state index in [1.165, 1.54) is 13.4 Å². The van der Waals surface area contributed by atoms with Gasteiger partial charge in [-0.25, -0.2) is 4.98 Å². The molecule has 0 saturated carbocycles. The monoisotopic (exact) mass is 210 g/mol. The summed E-state index contributed by atoms with van der Waals surface area (Å²) >= 11 is 0. The number of halogens is 1. The zero-order chi connectivity index (χ0) is 10.8. The molecule has 0 atom stereocenters. The molecule has 2 aromatic rings. The second kappa shape index (κ2) is 3.60. The number of rotatable bonds is 2. The lowest BCUT2D eigenvalue weighted by molar-refractivity contribution is 0.367. The van der Waals surface area contributed by atoms with E-state index < -0.39 is 5.82 Å². The average molecular weight is 210 g/mol. The third kappa shape index (κ3) is 1.63. The van der Waals surface area contributed by atoms with Gasteiger partial charge in [0, 0.05) is 6.92 Å². The molecule has 6 nitrogen and oxygen atoms in total. The van der Waals surface area contributed by atoms with Gasteiger partial charge in [0.25, 0.3) is 5.88 Å². The Morgan fingerprint density at radius 1 is 1.40 bits per heavy atom. The molecule has 0 amide bonds. The fourth-order valence-corrected chi connectivity index (χ4v) is 1.05. The maximum absolute atomic E-state index is 13.6. The highest BCUT2D eigenvalue weighted by Crippen LogP contribution is 2.22. The second-order valence-corrected chi connectivity index (χ2v) is 2.68. The van der Waals surface area contributed by atoms with Crippen LogP contribution in [0, 0.1) is 12.7 Å². The molecule has 78 valence electrons. The minimum Gasteiger partial charge on any atom is -0.479 e. The summed E-state index contributed by atoms with van der Waals surface area (Å²) < 4.78 is 23.0. The molecule has 0 saturated heterocycles. The Kier molecular flexibility index (Phi) is 2.28. The van der Waals surface area contributed by atoms with Crippen molar-refractivity contribution >= 4 is 0 Å².